The van der Waals surface area contributed by atoms with Crippen LogP contribution in [0.1, 0.15) is 23.2 Å². The van der Waals surface area contributed by atoms with Crippen molar-refractivity contribution < 1.29 is 14.4 Å². The maximum Gasteiger partial charge on any atom is 0.254 e. The van der Waals surface area contributed by atoms with Crippen molar-refractivity contribution >= 4 is 23.4 Å². The molecule has 1 aliphatic heterocycles. The number of aromatic nitrogens is 1. The second kappa shape index (κ2) is 5.47. The van der Waals surface area contributed by atoms with Gasteiger partial charge in [0.1, 0.15) is 6.04 Å². The molecule has 1 fully saturated rings. The van der Waals surface area contributed by atoms with Crippen LogP contribution in [0, 0.1) is 0 Å². The van der Waals surface area contributed by atoms with Crippen molar-refractivity contribution in [2.45, 2.75) is 18.9 Å². The van der Waals surface area contributed by atoms with Gasteiger partial charge in [-0.25, -0.2) is 0 Å². The number of carbonyl (C=O) groups excluding carboxylic acids is 3. The van der Waals surface area contributed by atoms with Gasteiger partial charge in [0.15, 0.2) is 0 Å². The Labute approximate surface area is 109 Å². The predicted octanol–water partition coefficient (Wildman–Crippen LogP) is -0.342. The number of rotatable bonds is 3. The van der Waals surface area contributed by atoms with Gasteiger partial charge in [-0.3, -0.25) is 24.7 Å². The highest BCUT2D eigenvalue weighted by Gasteiger charge is 2.28. The van der Waals surface area contributed by atoms with Gasteiger partial charge in [0.25, 0.3) is 5.91 Å². The Kier molecular flexibility index (Phi) is 3.74. The van der Waals surface area contributed by atoms with Gasteiger partial charge < -0.3 is 10.6 Å². The average Bonchev–Trinajstić information content (AvgIpc) is 2.41. The fourth-order valence-electron chi connectivity index (χ4n) is 1.86. The third-order valence-corrected chi connectivity index (χ3v) is 2.88. The lowest BCUT2D eigenvalue weighted by atomic mass is 10.1. The summed E-state index contributed by atoms with van der Waals surface area (Å²) in [5, 5.41) is 7.66. The second-order valence-electron chi connectivity index (χ2n) is 4.15. The highest BCUT2D eigenvalue weighted by molar-refractivity contribution is 6.05. The van der Waals surface area contributed by atoms with E-state index in [4.69, 9.17) is 0 Å². The Morgan fingerprint density at radius 1 is 1.47 bits per heavy atom. The number of nitrogens with zero attached hydrogens (tertiary/aromatic N) is 1. The summed E-state index contributed by atoms with van der Waals surface area (Å²) in [4.78, 5) is 38.5. The molecule has 0 spiro atoms. The molecule has 19 heavy (non-hydrogen) atoms. The molecule has 0 radical (unpaired) electrons. The first-order valence-electron chi connectivity index (χ1n) is 5.88. The molecule has 2 rings (SSSR count). The van der Waals surface area contributed by atoms with Crippen LogP contribution in [0.2, 0.25) is 0 Å². The van der Waals surface area contributed by atoms with E-state index in [-0.39, 0.29) is 18.2 Å². The molecule has 3 N–H and O–H groups in total. The molecule has 1 saturated heterocycles. The maximum absolute atomic E-state index is 12.1. The van der Waals surface area contributed by atoms with Crippen LogP contribution in [-0.4, -0.2) is 35.8 Å². The lowest BCUT2D eigenvalue weighted by Crippen LogP contribution is -2.52. The summed E-state index contributed by atoms with van der Waals surface area (Å²) in [5.74, 6) is -1.15. The lowest BCUT2D eigenvalue weighted by Gasteiger charge is -2.22. The molecule has 3 amide bonds. The van der Waals surface area contributed by atoms with E-state index in [9.17, 15) is 14.4 Å². The molecule has 7 nitrogen and oxygen atoms in total. The van der Waals surface area contributed by atoms with Crippen LogP contribution in [0.4, 0.5) is 5.69 Å². The van der Waals surface area contributed by atoms with E-state index in [0.717, 1.165) is 0 Å². The Balaban J connectivity index is 2.09. The van der Waals surface area contributed by atoms with Gasteiger partial charge in [-0.15, -0.1) is 0 Å². The molecule has 0 aromatic carbocycles. The van der Waals surface area contributed by atoms with Gasteiger partial charge in [-0.2, -0.15) is 0 Å². The van der Waals surface area contributed by atoms with Crippen LogP contribution >= 0.6 is 0 Å². The third-order valence-electron chi connectivity index (χ3n) is 2.88. The van der Waals surface area contributed by atoms with Crippen molar-refractivity contribution in [2.75, 3.05) is 12.4 Å². The van der Waals surface area contributed by atoms with Gasteiger partial charge >= 0.3 is 0 Å². The summed E-state index contributed by atoms with van der Waals surface area (Å²) in [6.45, 7) is 0. The molecule has 100 valence electrons. The zero-order valence-corrected chi connectivity index (χ0v) is 10.4. The first-order chi connectivity index (χ1) is 9.11. The van der Waals surface area contributed by atoms with E-state index in [0.29, 0.717) is 17.7 Å². The first-order valence-corrected chi connectivity index (χ1v) is 5.88. The van der Waals surface area contributed by atoms with Crippen molar-refractivity contribution in [3.05, 3.63) is 24.0 Å². The molecule has 1 aromatic heterocycles. The van der Waals surface area contributed by atoms with E-state index in [1.165, 1.54) is 12.4 Å². The van der Waals surface area contributed by atoms with Crippen LogP contribution in [-0.2, 0) is 9.59 Å². The minimum absolute atomic E-state index is 0.228. The van der Waals surface area contributed by atoms with Crippen LogP contribution in [0.15, 0.2) is 18.5 Å². The fourth-order valence-corrected chi connectivity index (χ4v) is 1.86. The van der Waals surface area contributed by atoms with Crippen LogP contribution in [0.3, 0.4) is 0 Å². The molecule has 0 saturated carbocycles. The topological polar surface area (TPSA) is 100 Å². The third kappa shape index (κ3) is 2.87. The smallest absolute Gasteiger partial charge is 0.254 e. The number of imide groups is 1. The maximum atomic E-state index is 12.1. The largest absolute Gasteiger partial charge is 0.386 e. The van der Waals surface area contributed by atoms with Gasteiger partial charge in [-0.1, -0.05) is 0 Å². The number of hydrogen-bond donors (Lipinski definition) is 3. The number of pyridine rings is 1. The summed E-state index contributed by atoms with van der Waals surface area (Å²) in [6.07, 6.45) is 3.57. The molecule has 0 bridgehead atoms. The standard InChI is InChI=1S/C12H14N4O3/c1-13-9-6-14-5-4-7(9)11(18)15-8-2-3-10(17)16-12(8)19/h4-6,8,13H,2-3H2,1H3,(H,15,18)(H,16,17,19). The SMILES string of the molecule is CNc1cnccc1C(=O)NC1CCC(=O)NC1=O. The van der Waals surface area contributed by atoms with Crippen LogP contribution in [0.25, 0.3) is 0 Å². The molecule has 1 atom stereocenters. The molecule has 2 heterocycles. The Bertz CT molecular complexity index is 529. The number of anilines is 1. The minimum Gasteiger partial charge on any atom is -0.386 e. The zero-order valence-electron chi connectivity index (χ0n) is 10.4. The highest BCUT2D eigenvalue weighted by atomic mass is 16.2. The minimum atomic E-state index is -0.678. The second-order valence-corrected chi connectivity index (χ2v) is 4.15. The molecular weight excluding hydrogens is 248 g/mol. The van der Waals surface area contributed by atoms with Crippen molar-refractivity contribution in [3.63, 3.8) is 0 Å². The van der Waals surface area contributed by atoms with E-state index in [2.05, 4.69) is 20.9 Å². The number of amides is 3. The Hall–Kier alpha value is -2.44. The summed E-state index contributed by atoms with van der Waals surface area (Å²) < 4.78 is 0. The van der Waals surface area contributed by atoms with Crippen molar-refractivity contribution in [2.24, 2.45) is 0 Å². The molecule has 7 heteroatoms. The molecule has 1 aromatic rings. The van der Waals surface area contributed by atoms with Crippen molar-refractivity contribution in [3.8, 4) is 0 Å². The Morgan fingerprint density at radius 3 is 2.95 bits per heavy atom. The van der Waals surface area contributed by atoms with Gasteiger partial charge in [0.05, 0.1) is 17.4 Å². The van der Waals surface area contributed by atoms with E-state index in [1.54, 1.807) is 13.1 Å². The van der Waals surface area contributed by atoms with Gasteiger partial charge in [0.2, 0.25) is 11.8 Å². The summed E-state index contributed by atoms with van der Waals surface area (Å²) >= 11 is 0. The Morgan fingerprint density at radius 2 is 2.26 bits per heavy atom. The van der Waals surface area contributed by atoms with E-state index < -0.39 is 11.9 Å². The van der Waals surface area contributed by atoms with Crippen LogP contribution in [0.5, 0.6) is 0 Å². The highest BCUT2D eigenvalue weighted by Crippen LogP contribution is 2.13. The van der Waals surface area contributed by atoms with E-state index >= 15 is 0 Å². The monoisotopic (exact) mass is 262 g/mol. The summed E-state index contributed by atoms with van der Waals surface area (Å²) in [5.41, 5.74) is 0.981. The molecule has 1 aliphatic rings. The lowest BCUT2D eigenvalue weighted by molar-refractivity contribution is -0.134. The molecule has 1 unspecified atom stereocenters. The number of piperidine rings is 1. The molecular formula is C12H14N4O3. The van der Waals surface area contributed by atoms with Crippen molar-refractivity contribution in [1.29, 1.82) is 0 Å². The van der Waals surface area contributed by atoms with Crippen molar-refractivity contribution in [1.82, 2.24) is 15.6 Å². The molecule has 0 aliphatic carbocycles. The number of hydrogen-bond acceptors (Lipinski definition) is 5. The normalized spacial score (nSPS) is 18.7. The summed E-state index contributed by atoms with van der Waals surface area (Å²) in [7, 11) is 1.68. The number of carbonyl (C=O) groups is 3. The van der Waals surface area contributed by atoms with Gasteiger partial charge in [-0.05, 0) is 12.5 Å². The summed E-state index contributed by atoms with van der Waals surface area (Å²) in [6, 6.07) is 0.885. The van der Waals surface area contributed by atoms with E-state index in [1.807, 2.05) is 0 Å². The average molecular weight is 262 g/mol. The zero-order chi connectivity index (χ0) is 13.8. The fraction of sp³-hybridized carbons (Fsp3) is 0.333. The van der Waals surface area contributed by atoms with Gasteiger partial charge in [0, 0.05) is 19.7 Å². The first kappa shape index (κ1) is 13.0. The predicted molar refractivity (Wildman–Crippen MR) is 67.4 cm³/mol. The number of nitrogens with one attached hydrogen (secondary N) is 3. The van der Waals surface area contributed by atoms with Crippen LogP contribution < -0.4 is 16.0 Å². The quantitative estimate of drug-likeness (QED) is 0.647.